The second kappa shape index (κ2) is 6.07. The van der Waals surface area contributed by atoms with Crippen LogP contribution < -0.4 is 0 Å². The molecule has 0 atom stereocenters. The number of benzene rings is 1. The fraction of sp³-hybridized carbons (Fsp3) is 0.375. The maximum Gasteiger partial charge on any atom is 0.218 e. The molecule has 0 unspecified atom stereocenters. The number of sulfonamides is 1. The number of nitrogens with zero attached hydrogens (tertiary/aromatic N) is 2. The van der Waals surface area contributed by atoms with E-state index in [1.54, 1.807) is 28.6 Å². The first kappa shape index (κ1) is 15.6. The van der Waals surface area contributed by atoms with Gasteiger partial charge < -0.3 is 4.57 Å². The summed E-state index contributed by atoms with van der Waals surface area (Å²) >= 11 is 5.95. The molecule has 1 aliphatic rings. The topological polar surface area (TPSA) is 42.3 Å². The van der Waals surface area contributed by atoms with Gasteiger partial charge in [0.15, 0.2) is 0 Å². The summed E-state index contributed by atoms with van der Waals surface area (Å²) < 4.78 is 29.2. The van der Waals surface area contributed by atoms with Crippen LogP contribution in [-0.4, -0.2) is 23.3 Å². The predicted molar refractivity (Wildman–Crippen MR) is 88.1 cm³/mol. The molecule has 0 N–H and O–H groups in total. The predicted octanol–water partition coefficient (Wildman–Crippen LogP) is 3.17. The van der Waals surface area contributed by atoms with Crippen LogP contribution in [0.2, 0.25) is 5.02 Å². The minimum absolute atomic E-state index is 0.00547. The van der Waals surface area contributed by atoms with Crippen molar-refractivity contribution in [1.82, 2.24) is 8.87 Å². The van der Waals surface area contributed by atoms with Gasteiger partial charge in [-0.15, -0.1) is 0 Å². The van der Waals surface area contributed by atoms with Crippen LogP contribution in [0.15, 0.2) is 42.6 Å². The number of hydrogen-bond donors (Lipinski definition) is 0. The fourth-order valence-corrected chi connectivity index (χ4v) is 4.53. The van der Waals surface area contributed by atoms with Gasteiger partial charge in [-0.1, -0.05) is 23.7 Å². The van der Waals surface area contributed by atoms with Crippen LogP contribution in [0.4, 0.5) is 0 Å². The largest absolute Gasteiger partial charge is 0.353 e. The van der Waals surface area contributed by atoms with Gasteiger partial charge in [0.25, 0.3) is 0 Å². The lowest BCUT2D eigenvalue weighted by atomic mass is 10.2. The van der Waals surface area contributed by atoms with Crippen LogP contribution in [-0.2, 0) is 29.4 Å². The first-order valence-electron chi connectivity index (χ1n) is 7.30. The third-order valence-corrected chi connectivity index (χ3v) is 5.99. The second-order valence-electron chi connectivity index (χ2n) is 5.77. The summed E-state index contributed by atoms with van der Waals surface area (Å²) in [6.07, 6.45) is 3.82. The Labute approximate surface area is 136 Å². The van der Waals surface area contributed by atoms with Gasteiger partial charge in [-0.25, -0.2) is 8.42 Å². The molecule has 1 aromatic carbocycles. The molecule has 3 rings (SSSR count). The molecule has 0 amide bonds. The van der Waals surface area contributed by atoms with Crippen LogP contribution in [0.1, 0.15) is 24.1 Å². The van der Waals surface area contributed by atoms with Crippen LogP contribution in [0, 0.1) is 0 Å². The molecule has 1 heterocycles. The summed E-state index contributed by atoms with van der Waals surface area (Å²) in [6, 6.07) is 11.1. The maximum absolute atomic E-state index is 12.8. The lowest BCUT2D eigenvalue weighted by molar-refractivity contribution is 0.389. The zero-order valence-electron chi connectivity index (χ0n) is 12.4. The first-order chi connectivity index (χ1) is 10.5. The molecule has 0 radical (unpaired) electrons. The maximum atomic E-state index is 12.8. The Morgan fingerprint density at radius 3 is 2.64 bits per heavy atom. The summed E-state index contributed by atoms with van der Waals surface area (Å²) in [5.74, 6) is -0.00547. The molecule has 1 saturated carbocycles. The van der Waals surface area contributed by atoms with Crippen molar-refractivity contribution < 1.29 is 8.42 Å². The molecule has 0 aliphatic heterocycles. The van der Waals surface area contributed by atoms with E-state index in [1.807, 2.05) is 29.9 Å². The van der Waals surface area contributed by atoms with E-state index in [0.29, 0.717) is 11.6 Å². The van der Waals surface area contributed by atoms with Crippen LogP contribution in [0.3, 0.4) is 0 Å². The van der Waals surface area contributed by atoms with E-state index in [9.17, 15) is 8.42 Å². The van der Waals surface area contributed by atoms with Crippen molar-refractivity contribution in [3.63, 3.8) is 0 Å². The Bertz CT molecular complexity index is 766. The third-order valence-electron chi connectivity index (χ3n) is 3.92. The Kier molecular flexibility index (Phi) is 4.30. The van der Waals surface area contributed by atoms with Gasteiger partial charge in [0.1, 0.15) is 0 Å². The lowest BCUT2D eigenvalue weighted by Crippen LogP contribution is -2.34. The molecule has 6 heteroatoms. The van der Waals surface area contributed by atoms with Gasteiger partial charge in [0.2, 0.25) is 10.0 Å². The highest BCUT2D eigenvalue weighted by Gasteiger charge is 2.37. The van der Waals surface area contributed by atoms with E-state index in [0.717, 1.165) is 24.1 Å². The van der Waals surface area contributed by atoms with E-state index in [2.05, 4.69) is 0 Å². The monoisotopic (exact) mass is 338 g/mol. The van der Waals surface area contributed by atoms with Gasteiger partial charge in [0.05, 0.1) is 12.3 Å². The summed E-state index contributed by atoms with van der Waals surface area (Å²) in [6.45, 7) is 0.428. The highest BCUT2D eigenvalue weighted by Crippen LogP contribution is 2.32. The highest BCUT2D eigenvalue weighted by atomic mass is 35.5. The molecule has 2 aromatic rings. The second-order valence-corrected chi connectivity index (χ2v) is 8.13. The average Bonchev–Trinajstić information content (AvgIpc) is 3.19. The summed E-state index contributed by atoms with van der Waals surface area (Å²) in [4.78, 5) is 0. The summed E-state index contributed by atoms with van der Waals surface area (Å²) in [5, 5.41) is 0.563. The summed E-state index contributed by atoms with van der Waals surface area (Å²) in [5.41, 5.74) is 1.73. The minimum atomic E-state index is -3.36. The molecule has 0 bridgehead atoms. The normalized spacial score (nSPS) is 15.4. The zero-order chi connectivity index (χ0) is 15.7. The minimum Gasteiger partial charge on any atom is -0.353 e. The summed E-state index contributed by atoms with van der Waals surface area (Å²) in [7, 11) is -1.43. The molecule has 1 aromatic heterocycles. The Balaban J connectivity index is 1.82. The zero-order valence-corrected chi connectivity index (χ0v) is 14.0. The molecular formula is C16H19ClN2O2S. The van der Waals surface area contributed by atoms with Gasteiger partial charge in [-0.3, -0.25) is 0 Å². The van der Waals surface area contributed by atoms with Crippen molar-refractivity contribution in [1.29, 1.82) is 0 Å². The Morgan fingerprint density at radius 1 is 1.27 bits per heavy atom. The van der Waals surface area contributed by atoms with E-state index in [4.69, 9.17) is 11.6 Å². The van der Waals surface area contributed by atoms with Crippen LogP contribution >= 0.6 is 11.6 Å². The molecular weight excluding hydrogens is 320 g/mol. The highest BCUT2D eigenvalue weighted by molar-refractivity contribution is 7.88. The molecule has 22 heavy (non-hydrogen) atoms. The van der Waals surface area contributed by atoms with E-state index >= 15 is 0 Å². The smallest absolute Gasteiger partial charge is 0.218 e. The molecule has 1 fully saturated rings. The molecule has 118 valence electrons. The van der Waals surface area contributed by atoms with Gasteiger partial charge in [0, 0.05) is 30.0 Å². The van der Waals surface area contributed by atoms with Crippen molar-refractivity contribution in [3.05, 3.63) is 58.9 Å². The Morgan fingerprint density at radius 2 is 2.05 bits per heavy atom. The fourth-order valence-electron chi connectivity index (χ4n) is 2.56. The lowest BCUT2D eigenvalue weighted by Gasteiger charge is -2.22. The number of aryl methyl sites for hydroxylation is 1. The van der Waals surface area contributed by atoms with Crippen LogP contribution in [0.5, 0.6) is 0 Å². The standard InChI is InChI=1S/C16H19ClN2O2S/c1-18-9-3-6-16(18)11-19(15-7-8-15)22(20,21)12-13-4-2-5-14(17)10-13/h2-6,9-10,15H,7-8,11-12H2,1H3. The third kappa shape index (κ3) is 3.54. The molecule has 4 nitrogen and oxygen atoms in total. The van der Waals surface area contributed by atoms with Crippen LogP contribution in [0.25, 0.3) is 0 Å². The molecule has 1 aliphatic carbocycles. The van der Waals surface area contributed by atoms with E-state index in [-0.39, 0.29) is 11.8 Å². The number of hydrogen-bond acceptors (Lipinski definition) is 2. The van der Waals surface area contributed by atoms with Gasteiger partial charge >= 0.3 is 0 Å². The number of halogens is 1. The van der Waals surface area contributed by atoms with Crippen molar-refractivity contribution >= 4 is 21.6 Å². The van der Waals surface area contributed by atoms with Crippen molar-refractivity contribution in [2.45, 2.75) is 31.2 Å². The van der Waals surface area contributed by atoms with Crippen molar-refractivity contribution in [2.24, 2.45) is 7.05 Å². The number of rotatable bonds is 6. The average molecular weight is 339 g/mol. The Hall–Kier alpha value is -1.30. The van der Waals surface area contributed by atoms with Gasteiger partial charge in [-0.2, -0.15) is 4.31 Å². The van der Waals surface area contributed by atoms with Gasteiger partial charge in [-0.05, 0) is 42.7 Å². The van der Waals surface area contributed by atoms with E-state index < -0.39 is 10.0 Å². The van der Waals surface area contributed by atoms with Crippen molar-refractivity contribution in [2.75, 3.05) is 0 Å². The molecule has 0 spiro atoms. The molecule has 0 saturated heterocycles. The van der Waals surface area contributed by atoms with E-state index in [1.165, 1.54) is 0 Å². The quantitative estimate of drug-likeness (QED) is 0.811. The van der Waals surface area contributed by atoms with Crippen molar-refractivity contribution in [3.8, 4) is 0 Å². The SMILES string of the molecule is Cn1cccc1CN(C1CC1)S(=O)(=O)Cc1cccc(Cl)c1. The number of aromatic nitrogens is 1. The first-order valence-corrected chi connectivity index (χ1v) is 9.28.